The summed E-state index contributed by atoms with van der Waals surface area (Å²) in [5, 5.41) is 5.56. The minimum atomic E-state index is -0.540. The zero-order chi connectivity index (χ0) is 17.5. The third kappa shape index (κ3) is 8.02. The summed E-state index contributed by atoms with van der Waals surface area (Å²) in [6.07, 6.45) is 0.504. The molecule has 1 aromatic carbocycles. The lowest BCUT2D eigenvalue weighted by Gasteiger charge is -2.20. The maximum absolute atomic E-state index is 12.0. The zero-order valence-corrected chi connectivity index (χ0v) is 15.7. The molecule has 0 fully saturated rings. The Morgan fingerprint density at radius 3 is 2.35 bits per heavy atom. The molecule has 23 heavy (non-hydrogen) atoms. The summed E-state index contributed by atoms with van der Waals surface area (Å²) in [5.74, 6) is -0.101. The van der Waals surface area contributed by atoms with Gasteiger partial charge >= 0.3 is 6.09 Å². The Morgan fingerprint density at radius 1 is 1.22 bits per heavy atom. The van der Waals surface area contributed by atoms with Crippen LogP contribution in [0.4, 0.5) is 4.79 Å². The molecule has 0 saturated heterocycles. The molecule has 0 aromatic heterocycles. The number of halogens is 1. The Labute approximate surface area is 146 Å². The van der Waals surface area contributed by atoms with Crippen LogP contribution in [0.2, 0.25) is 0 Å². The minimum Gasteiger partial charge on any atom is -0.444 e. The molecule has 1 unspecified atom stereocenters. The van der Waals surface area contributed by atoms with Gasteiger partial charge in [-0.25, -0.2) is 4.79 Å². The van der Waals surface area contributed by atoms with Gasteiger partial charge in [0.15, 0.2) is 0 Å². The van der Waals surface area contributed by atoms with Crippen molar-refractivity contribution in [2.45, 2.75) is 52.2 Å². The Balaban J connectivity index is 2.40. The second kappa shape index (κ2) is 8.91. The van der Waals surface area contributed by atoms with E-state index in [4.69, 9.17) is 4.74 Å². The van der Waals surface area contributed by atoms with Crippen LogP contribution in [0.25, 0.3) is 0 Å². The van der Waals surface area contributed by atoms with E-state index in [1.807, 2.05) is 31.2 Å². The molecule has 0 aliphatic carbocycles. The van der Waals surface area contributed by atoms with Crippen molar-refractivity contribution < 1.29 is 14.3 Å². The fraction of sp³-hybridized carbons (Fsp3) is 0.529. The molecule has 128 valence electrons. The quantitative estimate of drug-likeness (QED) is 0.780. The fourth-order valence-corrected chi connectivity index (χ4v) is 2.24. The molecule has 1 aromatic rings. The third-order valence-electron chi connectivity index (χ3n) is 3.04. The van der Waals surface area contributed by atoms with E-state index in [2.05, 4.69) is 26.6 Å². The van der Waals surface area contributed by atoms with Crippen LogP contribution >= 0.6 is 15.9 Å². The van der Waals surface area contributed by atoms with Gasteiger partial charge in [-0.1, -0.05) is 35.0 Å². The van der Waals surface area contributed by atoms with Crippen LogP contribution in [0.15, 0.2) is 28.7 Å². The van der Waals surface area contributed by atoms with E-state index in [-0.39, 0.29) is 24.9 Å². The van der Waals surface area contributed by atoms with Gasteiger partial charge in [0.1, 0.15) is 5.60 Å². The lowest BCUT2D eigenvalue weighted by Crippen LogP contribution is -2.35. The summed E-state index contributed by atoms with van der Waals surface area (Å²) in [4.78, 5) is 23.5. The highest BCUT2D eigenvalue weighted by molar-refractivity contribution is 9.10. The van der Waals surface area contributed by atoms with E-state index >= 15 is 0 Å². The van der Waals surface area contributed by atoms with Crippen molar-refractivity contribution in [3.05, 3.63) is 34.3 Å². The van der Waals surface area contributed by atoms with Gasteiger partial charge in [-0.05, 0) is 44.9 Å². The first-order valence-electron chi connectivity index (χ1n) is 7.73. The highest BCUT2D eigenvalue weighted by atomic mass is 79.9. The summed E-state index contributed by atoms with van der Waals surface area (Å²) in [6, 6.07) is 7.84. The number of carbonyl (C=O) groups excluding carboxylic acids is 2. The number of alkyl carbamates (subject to hydrolysis) is 1. The van der Waals surface area contributed by atoms with Crippen molar-refractivity contribution in [2.24, 2.45) is 0 Å². The van der Waals surface area contributed by atoms with Gasteiger partial charge in [0.25, 0.3) is 0 Å². The summed E-state index contributed by atoms with van der Waals surface area (Å²) < 4.78 is 6.12. The van der Waals surface area contributed by atoms with Gasteiger partial charge in [0, 0.05) is 17.4 Å². The van der Waals surface area contributed by atoms with Gasteiger partial charge in [0.2, 0.25) is 5.91 Å². The summed E-state index contributed by atoms with van der Waals surface area (Å²) in [6.45, 7) is 7.65. The van der Waals surface area contributed by atoms with E-state index in [0.717, 1.165) is 16.5 Å². The van der Waals surface area contributed by atoms with Crippen molar-refractivity contribution in [3.8, 4) is 0 Å². The zero-order valence-electron chi connectivity index (χ0n) is 14.1. The molecule has 2 N–H and O–H groups in total. The molecule has 2 amide bonds. The first-order valence-corrected chi connectivity index (χ1v) is 8.52. The summed E-state index contributed by atoms with van der Waals surface area (Å²) >= 11 is 3.40. The van der Waals surface area contributed by atoms with Gasteiger partial charge in [-0.3, -0.25) is 4.79 Å². The number of hydrogen-bond acceptors (Lipinski definition) is 3. The van der Waals surface area contributed by atoms with Crippen molar-refractivity contribution in [1.82, 2.24) is 10.6 Å². The van der Waals surface area contributed by atoms with Gasteiger partial charge in [-0.2, -0.15) is 0 Å². The van der Waals surface area contributed by atoms with Crippen molar-refractivity contribution in [1.29, 1.82) is 0 Å². The predicted molar refractivity (Wildman–Crippen MR) is 94.2 cm³/mol. The van der Waals surface area contributed by atoms with E-state index in [1.165, 1.54) is 0 Å². The Hall–Kier alpha value is -1.56. The average Bonchev–Trinajstić information content (AvgIpc) is 2.44. The molecular formula is C17H25BrN2O3. The Kier molecular flexibility index (Phi) is 7.55. The molecule has 0 spiro atoms. The van der Waals surface area contributed by atoms with Crippen LogP contribution < -0.4 is 10.6 Å². The largest absolute Gasteiger partial charge is 0.444 e. The number of benzene rings is 1. The van der Waals surface area contributed by atoms with Crippen molar-refractivity contribution in [2.75, 3.05) is 6.54 Å². The van der Waals surface area contributed by atoms with E-state index < -0.39 is 11.7 Å². The van der Waals surface area contributed by atoms with Crippen LogP contribution in [0.3, 0.4) is 0 Å². The molecule has 0 saturated carbocycles. The molecule has 5 nitrogen and oxygen atoms in total. The standard InChI is InChI=1S/C17H25BrN2O3/c1-5-14(12-6-8-13(18)9-7-12)20-15(21)10-11-19-16(22)23-17(2,3)4/h6-9,14H,5,10-11H2,1-4H3,(H,19,22)(H,20,21). The van der Waals surface area contributed by atoms with E-state index in [9.17, 15) is 9.59 Å². The molecule has 1 rings (SSSR count). The molecule has 0 radical (unpaired) electrons. The SMILES string of the molecule is CCC(NC(=O)CCNC(=O)OC(C)(C)C)c1ccc(Br)cc1. The predicted octanol–water partition coefficient (Wildman–Crippen LogP) is 3.93. The first kappa shape index (κ1) is 19.5. The molecule has 0 aliphatic rings. The molecule has 6 heteroatoms. The maximum Gasteiger partial charge on any atom is 0.407 e. The Bertz CT molecular complexity index is 524. The minimum absolute atomic E-state index is 0.0304. The highest BCUT2D eigenvalue weighted by Crippen LogP contribution is 2.19. The summed E-state index contributed by atoms with van der Waals surface area (Å²) in [5.41, 5.74) is 0.519. The lowest BCUT2D eigenvalue weighted by molar-refractivity contribution is -0.121. The second-order valence-electron chi connectivity index (χ2n) is 6.26. The topological polar surface area (TPSA) is 67.4 Å². The van der Waals surface area contributed by atoms with Crippen LogP contribution in [0.5, 0.6) is 0 Å². The molecule has 0 bridgehead atoms. The second-order valence-corrected chi connectivity index (χ2v) is 7.17. The van der Waals surface area contributed by atoms with Crippen molar-refractivity contribution in [3.63, 3.8) is 0 Å². The Morgan fingerprint density at radius 2 is 1.83 bits per heavy atom. The molecule has 0 heterocycles. The normalized spacial score (nSPS) is 12.4. The number of carbonyl (C=O) groups is 2. The molecular weight excluding hydrogens is 360 g/mol. The lowest BCUT2D eigenvalue weighted by atomic mass is 10.0. The highest BCUT2D eigenvalue weighted by Gasteiger charge is 2.16. The molecule has 1 atom stereocenters. The summed E-state index contributed by atoms with van der Waals surface area (Å²) in [7, 11) is 0. The van der Waals surface area contributed by atoms with Crippen molar-refractivity contribution >= 4 is 27.9 Å². The number of hydrogen-bond donors (Lipinski definition) is 2. The van der Waals surface area contributed by atoms with Crippen LogP contribution in [-0.2, 0) is 9.53 Å². The monoisotopic (exact) mass is 384 g/mol. The molecule has 0 aliphatic heterocycles. The maximum atomic E-state index is 12.0. The van der Waals surface area contributed by atoms with Gasteiger partial charge in [0.05, 0.1) is 6.04 Å². The number of rotatable bonds is 6. The fourth-order valence-electron chi connectivity index (χ4n) is 1.97. The average molecular weight is 385 g/mol. The number of ether oxygens (including phenoxy) is 1. The first-order chi connectivity index (χ1) is 10.7. The van der Waals surface area contributed by atoms with Crippen LogP contribution in [0, 0.1) is 0 Å². The smallest absolute Gasteiger partial charge is 0.407 e. The van der Waals surface area contributed by atoms with Crippen LogP contribution in [0.1, 0.15) is 52.1 Å². The van der Waals surface area contributed by atoms with E-state index in [0.29, 0.717) is 0 Å². The number of amides is 2. The van der Waals surface area contributed by atoms with Gasteiger partial charge in [-0.15, -0.1) is 0 Å². The van der Waals surface area contributed by atoms with Crippen LogP contribution in [-0.4, -0.2) is 24.1 Å². The number of nitrogens with one attached hydrogen (secondary N) is 2. The van der Waals surface area contributed by atoms with E-state index in [1.54, 1.807) is 20.8 Å². The van der Waals surface area contributed by atoms with Gasteiger partial charge < -0.3 is 15.4 Å². The third-order valence-corrected chi connectivity index (χ3v) is 3.56.